The maximum Gasteiger partial charge on any atom is 0.256 e. The number of hydrogen-bond donors (Lipinski definition) is 0. The zero-order valence-electron chi connectivity index (χ0n) is 20.6. The Morgan fingerprint density at radius 2 is 2.13 bits per heavy atom. The summed E-state index contributed by atoms with van der Waals surface area (Å²) in [6, 6.07) is 4.02. The minimum atomic E-state index is -0.651. The van der Waals surface area contributed by atoms with E-state index < -0.39 is 18.6 Å². The second-order valence-electron chi connectivity index (χ2n) is 7.02. The number of aromatic nitrogens is 4. The number of carbonyl (C=O) groups is 1. The molecular weight excluding hydrogens is 387 g/mol. The van der Waals surface area contributed by atoms with E-state index in [2.05, 4.69) is 15.1 Å². The van der Waals surface area contributed by atoms with Crippen molar-refractivity contribution < 1.29 is 19.2 Å². The van der Waals surface area contributed by atoms with E-state index in [1.54, 1.807) is 16.5 Å². The van der Waals surface area contributed by atoms with Gasteiger partial charge in [0.15, 0.2) is 0 Å². The third kappa shape index (κ3) is 3.72. The number of benzene rings is 1. The number of halogens is 1. The van der Waals surface area contributed by atoms with Crippen LogP contribution in [0.1, 0.15) is 54.0 Å². The molecule has 3 aromatic rings. The first kappa shape index (κ1) is 15.7. The Hall–Kier alpha value is -3.07. The first-order chi connectivity index (χ1) is 16.3. The number of carbonyl (C=O) groups excluding carboxylic acids is 1. The van der Waals surface area contributed by atoms with E-state index in [9.17, 15) is 9.18 Å². The van der Waals surface area contributed by atoms with E-state index in [1.165, 1.54) is 29.4 Å². The van der Waals surface area contributed by atoms with Gasteiger partial charge in [0.25, 0.3) is 5.91 Å². The highest BCUT2D eigenvalue weighted by atomic mass is 19.1. The lowest BCUT2D eigenvalue weighted by Gasteiger charge is -2.18. The van der Waals surface area contributed by atoms with Crippen molar-refractivity contribution in [3.63, 3.8) is 0 Å². The van der Waals surface area contributed by atoms with Crippen molar-refractivity contribution in [1.29, 1.82) is 0 Å². The normalized spacial score (nSPS) is 17.4. The summed E-state index contributed by atoms with van der Waals surface area (Å²) in [5, 5.41) is 4.04. The average Bonchev–Trinajstić information content (AvgIpc) is 3.42. The minimum Gasteiger partial charge on any atom is -0.337 e. The summed E-state index contributed by atoms with van der Waals surface area (Å²) < 4.78 is 51.5. The Bertz CT molecular complexity index is 1160. The smallest absolute Gasteiger partial charge is 0.256 e. The molecule has 2 unspecified atom stereocenters. The van der Waals surface area contributed by atoms with Gasteiger partial charge in [-0.2, -0.15) is 4.98 Å². The molecule has 30 heavy (non-hydrogen) atoms. The van der Waals surface area contributed by atoms with Crippen molar-refractivity contribution in [1.82, 2.24) is 29.5 Å². The molecule has 2 atom stereocenters. The number of nitrogens with zero attached hydrogens (tertiary/aromatic N) is 6. The highest BCUT2D eigenvalue weighted by Gasteiger charge is 2.28. The van der Waals surface area contributed by atoms with Crippen LogP contribution in [0.25, 0.3) is 17.2 Å². The van der Waals surface area contributed by atoms with Crippen molar-refractivity contribution in [2.75, 3.05) is 20.1 Å². The molecule has 1 amide bonds. The molecule has 0 saturated carbocycles. The van der Waals surface area contributed by atoms with E-state index in [-0.39, 0.29) is 63.2 Å². The van der Waals surface area contributed by atoms with Crippen LogP contribution < -0.4 is 0 Å². The summed E-state index contributed by atoms with van der Waals surface area (Å²) in [7, 11) is 1.62. The standard InChI is InChI=1S/C21H25FN6O2/c1-4-8-27(9-5-2)12-18-24-20(25-30-18)19-17-11-26(3)21(29)15-10-14(22)6-7-16(15)28(17)13-23-19/h6-7,10,13H,4-5,8-9,11-12H2,1-3H3/i1D,2D,4D,5D. The van der Waals surface area contributed by atoms with Crippen LogP contribution in [0.4, 0.5) is 4.39 Å². The quantitative estimate of drug-likeness (QED) is 0.588. The van der Waals surface area contributed by atoms with Gasteiger partial charge in [0.2, 0.25) is 11.7 Å². The molecule has 1 aliphatic heterocycles. The topological polar surface area (TPSA) is 80.3 Å². The fourth-order valence-corrected chi connectivity index (χ4v) is 3.49. The number of rotatable bonds is 7. The molecule has 0 radical (unpaired) electrons. The lowest BCUT2D eigenvalue weighted by atomic mass is 10.1. The third-order valence-electron chi connectivity index (χ3n) is 4.86. The predicted molar refractivity (Wildman–Crippen MR) is 108 cm³/mol. The fourth-order valence-electron chi connectivity index (χ4n) is 3.49. The second-order valence-corrected chi connectivity index (χ2v) is 7.02. The van der Waals surface area contributed by atoms with E-state index in [4.69, 9.17) is 10.0 Å². The van der Waals surface area contributed by atoms with Crippen LogP contribution in [0.2, 0.25) is 0 Å². The monoisotopic (exact) mass is 416 g/mol. The van der Waals surface area contributed by atoms with Crippen LogP contribution in [0.3, 0.4) is 0 Å². The zero-order valence-corrected chi connectivity index (χ0v) is 16.6. The van der Waals surface area contributed by atoms with Crippen LogP contribution in [0.5, 0.6) is 0 Å². The van der Waals surface area contributed by atoms with Gasteiger partial charge in [-0.15, -0.1) is 0 Å². The molecule has 158 valence electrons. The molecule has 2 aromatic heterocycles. The lowest BCUT2D eigenvalue weighted by Crippen LogP contribution is -2.25. The second kappa shape index (κ2) is 8.35. The van der Waals surface area contributed by atoms with E-state index in [1.807, 2.05) is 0 Å². The van der Waals surface area contributed by atoms with E-state index in [0.29, 0.717) is 17.1 Å². The van der Waals surface area contributed by atoms with Crippen molar-refractivity contribution in [3.05, 3.63) is 47.5 Å². The van der Waals surface area contributed by atoms with E-state index >= 15 is 0 Å². The molecule has 4 rings (SSSR count). The molecule has 0 bridgehead atoms. The molecule has 3 heterocycles. The van der Waals surface area contributed by atoms with Gasteiger partial charge < -0.3 is 9.42 Å². The van der Waals surface area contributed by atoms with Crippen LogP contribution in [0.15, 0.2) is 29.0 Å². The minimum absolute atomic E-state index is 0.0759. The van der Waals surface area contributed by atoms with Crippen LogP contribution in [-0.4, -0.2) is 55.5 Å². The largest absolute Gasteiger partial charge is 0.337 e. The Balaban J connectivity index is 1.63. The summed E-state index contributed by atoms with van der Waals surface area (Å²) in [6.07, 6.45) is 0.234. The Morgan fingerprint density at radius 3 is 2.90 bits per heavy atom. The molecule has 0 spiro atoms. The predicted octanol–water partition coefficient (Wildman–Crippen LogP) is 3.27. The first-order valence-electron chi connectivity index (χ1n) is 12.0. The Labute approximate surface area is 179 Å². The van der Waals surface area contributed by atoms with Gasteiger partial charge in [0.1, 0.15) is 17.8 Å². The molecule has 0 aliphatic carbocycles. The molecule has 9 heteroatoms. The molecule has 0 N–H and O–H groups in total. The van der Waals surface area contributed by atoms with Crippen LogP contribution in [0, 0.1) is 5.82 Å². The van der Waals surface area contributed by atoms with Crippen molar-refractivity contribution in [3.8, 4) is 17.2 Å². The van der Waals surface area contributed by atoms with Gasteiger partial charge in [-0.05, 0) is 44.1 Å². The van der Waals surface area contributed by atoms with Crippen molar-refractivity contribution in [2.24, 2.45) is 0 Å². The number of hydrogen-bond acceptors (Lipinski definition) is 6. The van der Waals surface area contributed by atoms with Gasteiger partial charge in [-0.25, -0.2) is 9.37 Å². The van der Waals surface area contributed by atoms with Crippen LogP contribution in [-0.2, 0) is 13.1 Å². The highest BCUT2D eigenvalue weighted by molar-refractivity contribution is 5.98. The Morgan fingerprint density at radius 1 is 1.33 bits per heavy atom. The summed E-state index contributed by atoms with van der Waals surface area (Å²) in [5.74, 6) is -0.336. The molecule has 1 aliphatic rings. The number of fused-ring (bicyclic) bond motifs is 3. The summed E-state index contributed by atoms with van der Waals surface area (Å²) in [5.41, 5.74) is 1.81. The summed E-state index contributed by atoms with van der Waals surface area (Å²) >= 11 is 0. The summed E-state index contributed by atoms with van der Waals surface area (Å²) in [4.78, 5) is 24.9. The number of amides is 1. The van der Waals surface area contributed by atoms with Gasteiger partial charge in [-0.1, -0.05) is 19.0 Å². The molecule has 1 aromatic carbocycles. The first-order valence-corrected chi connectivity index (χ1v) is 9.40. The zero-order chi connectivity index (χ0) is 24.4. The maximum absolute atomic E-state index is 13.8. The van der Waals surface area contributed by atoms with Gasteiger partial charge in [0.05, 0.1) is 30.0 Å². The highest BCUT2D eigenvalue weighted by Crippen LogP contribution is 2.29. The van der Waals surface area contributed by atoms with Gasteiger partial charge in [-0.3, -0.25) is 14.3 Å². The molecule has 8 nitrogen and oxygen atoms in total. The third-order valence-corrected chi connectivity index (χ3v) is 4.86. The van der Waals surface area contributed by atoms with Gasteiger partial charge in [0, 0.05) is 12.5 Å². The fraction of sp³-hybridized carbons (Fsp3) is 0.429. The van der Waals surface area contributed by atoms with Crippen molar-refractivity contribution >= 4 is 5.91 Å². The maximum atomic E-state index is 13.8. The van der Waals surface area contributed by atoms with Crippen LogP contribution >= 0.6 is 0 Å². The SMILES string of the molecule is [2H]CC([2H])CN(Cc1nc(-c2ncn3c2CN(C)C(=O)c2cc(F)ccc2-3)no1)CC([2H])C[2H]. The lowest BCUT2D eigenvalue weighted by molar-refractivity contribution is 0.0787. The average molecular weight is 416 g/mol. The van der Waals surface area contributed by atoms with E-state index in [0.717, 1.165) is 0 Å². The Kier molecular flexibility index (Phi) is 4.38. The molecular formula is C21H25FN6O2. The molecule has 0 fully saturated rings. The van der Waals surface area contributed by atoms with Gasteiger partial charge >= 0.3 is 0 Å². The summed E-state index contributed by atoms with van der Waals surface area (Å²) in [6.45, 7) is 0.720. The molecule has 0 saturated heterocycles. The van der Waals surface area contributed by atoms with Crippen molar-refractivity contribution in [2.45, 2.75) is 39.7 Å². The number of imidazole rings is 1.